The quantitative estimate of drug-likeness (QED) is 0.492. The number of nitrogens with one attached hydrogen (secondary N) is 2. The standard InChI is InChI=1S/C23H27BrN6O2S/c1-4-30-22(33)20-16(24)11-15(12-18(20)27-23(30)32)13-28-7-9-29(10-8-28)19-6-5-17(21(31)25-3)26-14(19)2/h5-6,11-12H,4,7-10,13H2,1-3H3,(H,25,31)(H,27,32). The van der Waals surface area contributed by atoms with E-state index in [1.54, 1.807) is 17.7 Å². The molecule has 10 heteroatoms. The average molecular weight is 531 g/mol. The van der Waals surface area contributed by atoms with Gasteiger partial charge < -0.3 is 15.2 Å². The molecular formula is C23H27BrN6O2S. The van der Waals surface area contributed by atoms with Gasteiger partial charge in [0.05, 0.1) is 16.9 Å². The molecule has 0 atom stereocenters. The number of anilines is 1. The fourth-order valence-corrected chi connectivity index (χ4v) is 5.57. The lowest BCUT2D eigenvalue weighted by molar-refractivity contribution is 0.0958. The minimum absolute atomic E-state index is 0.176. The summed E-state index contributed by atoms with van der Waals surface area (Å²) in [5.41, 5.74) is 4.06. The van der Waals surface area contributed by atoms with Crippen LogP contribution in [-0.2, 0) is 13.1 Å². The molecule has 1 aliphatic heterocycles. The molecule has 3 heterocycles. The topological polar surface area (TPSA) is 86.3 Å². The summed E-state index contributed by atoms with van der Waals surface area (Å²) in [7, 11) is 1.61. The van der Waals surface area contributed by atoms with Gasteiger partial charge in [-0.25, -0.2) is 9.78 Å². The Morgan fingerprint density at radius 1 is 1.24 bits per heavy atom. The molecule has 1 amide bonds. The number of piperazine rings is 1. The van der Waals surface area contributed by atoms with Crippen LogP contribution in [0.5, 0.6) is 0 Å². The summed E-state index contributed by atoms with van der Waals surface area (Å²) in [6, 6.07) is 7.87. The van der Waals surface area contributed by atoms with Gasteiger partial charge in [-0.1, -0.05) is 12.2 Å². The van der Waals surface area contributed by atoms with Gasteiger partial charge in [0.2, 0.25) is 0 Å². The zero-order chi connectivity index (χ0) is 23.7. The van der Waals surface area contributed by atoms with Crippen molar-refractivity contribution in [1.29, 1.82) is 0 Å². The number of aromatic nitrogens is 3. The number of nitrogens with zero attached hydrogens (tertiary/aromatic N) is 4. The van der Waals surface area contributed by atoms with Crippen LogP contribution in [0.3, 0.4) is 0 Å². The molecule has 0 spiro atoms. The summed E-state index contributed by atoms with van der Waals surface area (Å²) in [6.07, 6.45) is 0. The number of H-pyrrole nitrogens is 1. The Hall–Kier alpha value is -2.56. The molecule has 1 fully saturated rings. The first kappa shape index (κ1) is 23.6. The normalized spacial score (nSPS) is 14.6. The van der Waals surface area contributed by atoms with Crippen molar-refractivity contribution in [2.45, 2.75) is 26.9 Å². The van der Waals surface area contributed by atoms with Crippen molar-refractivity contribution >= 4 is 50.6 Å². The van der Waals surface area contributed by atoms with Crippen molar-refractivity contribution in [3.63, 3.8) is 0 Å². The zero-order valence-corrected chi connectivity index (χ0v) is 21.3. The van der Waals surface area contributed by atoms with Gasteiger partial charge in [-0.3, -0.25) is 14.3 Å². The van der Waals surface area contributed by atoms with Crippen molar-refractivity contribution in [3.8, 4) is 0 Å². The molecule has 33 heavy (non-hydrogen) atoms. The third-order valence-corrected chi connectivity index (χ3v) is 7.10. The number of aryl methyl sites for hydroxylation is 1. The van der Waals surface area contributed by atoms with Crippen LogP contribution in [0.15, 0.2) is 33.5 Å². The lowest BCUT2D eigenvalue weighted by atomic mass is 10.1. The summed E-state index contributed by atoms with van der Waals surface area (Å²) in [6.45, 7) is 8.72. The van der Waals surface area contributed by atoms with Crippen molar-refractivity contribution in [2.75, 3.05) is 38.1 Å². The highest BCUT2D eigenvalue weighted by molar-refractivity contribution is 9.10. The Balaban J connectivity index is 1.48. The van der Waals surface area contributed by atoms with Crippen LogP contribution in [0.4, 0.5) is 5.69 Å². The van der Waals surface area contributed by atoms with Crippen molar-refractivity contribution < 1.29 is 4.79 Å². The number of rotatable bonds is 5. The summed E-state index contributed by atoms with van der Waals surface area (Å²) >= 11 is 9.20. The summed E-state index contributed by atoms with van der Waals surface area (Å²) in [5.74, 6) is -0.176. The molecule has 2 N–H and O–H groups in total. The third-order valence-electron chi connectivity index (χ3n) is 6.05. The van der Waals surface area contributed by atoms with Crippen LogP contribution >= 0.6 is 28.1 Å². The molecule has 174 valence electrons. The highest BCUT2D eigenvalue weighted by Gasteiger charge is 2.20. The Labute approximate surface area is 205 Å². The van der Waals surface area contributed by atoms with Crippen molar-refractivity contribution in [2.24, 2.45) is 0 Å². The second-order valence-corrected chi connectivity index (χ2v) is 9.36. The van der Waals surface area contributed by atoms with E-state index in [1.807, 2.05) is 26.0 Å². The van der Waals surface area contributed by atoms with Crippen LogP contribution in [0.1, 0.15) is 28.7 Å². The highest BCUT2D eigenvalue weighted by Crippen LogP contribution is 2.27. The number of hydrogen-bond donors (Lipinski definition) is 2. The predicted molar refractivity (Wildman–Crippen MR) is 137 cm³/mol. The van der Waals surface area contributed by atoms with E-state index >= 15 is 0 Å². The van der Waals surface area contributed by atoms with E-state index in [2.05, 4.69) is 47.1 Å². The van der Waals surface area contributed by atoms with Crippen LogP contribution in [0, 0.1) is 11.6 Å². The Bertz CT molecular complexity index is 1330. The van der Waals surface area contributed by atoms with Gasteiger partial charge in [0.25, 0.3) is 5.91 Å². The lowest BCUT2D eigenvalue weighted by Gasteiger charge is -2.36. The van der Waals surface area contributed by atoms with Crippen LogP contribution in [0.25, 0.3) is 10.9 Å². The Morgan fingerprint density at radius 3 is 2.61 bits per heavy atom. The molecule has 0 unspecified atom stereocenters. The van der Waals surface area contributed by atoms with Gasteiger partial charge in [0.1, 0.15) is 10.3 Å². The van der Waals surface area contributed by atoms with Crippen LogP contribution in [-0.4, -0.2) is 58.6 Å². The van der Waals surface area contributed by atoms with E-state index in [-0.39, 0.29) is 11.6 Å². The predicted octanol–water partition coefficient (Wildman–Crippen LogP) is 3.23. The number of fused-ring (bicyclic) bond motifs is 1. The lowest BCUT2D eigenvalue weighted by Crippen LogP contribution is -2.46. The maximum absolute atomic E-state index is 12.4. The Morgan fingerprint density at radius 2 is 1.97 bits per heavy atom. The minimum atomic E-state index is -0.181. The number of pyridine rings is 1. The third kappa shape index (κ3) is 4.73. The molecule has 1 aromatic carbocycles. The highest BCUT2D eigenvalue weighted by atomic mass is 79.9. The molecule has 4 rings (SSSR count). The number of carbonyl (C=O) groups is 1. The second kappa shape index (κ2) is 9.74. The van der Waals surface area contributed by atoms with E-state index in [0.29, 0.717) is 16.9 Å². The largest absolute Gasteiger partial charge is 0.368 e. The average Bonchev–Trinajstić information content (AvgIpc) is 2.79. The molecule has 0 saturated carbocycles. The van der Waals surface area contributed by atoms with Gasteiger partial charge in [-0.05, 0) is 59.6 Å². The van der Waals surface area contributed by atoms with Crippen LogP contribution < -0.4 is 15.9 Å². The molecule has 2 aromatic heterocycles. The molecule has 1 aliphatic rings. The number of amides is 1. The van der Waals surface area contributed by atoms with E-state index in [0.717, 1.165) is 65.0 Å². The maximum atomic E-state index is 12.4. The second-order valence-electron chi connectivity index (χ2n) is 8.12. The first-order valence-corrected chi connectivity index (χ1v) is 12.1. The summed E-state index contributed by atoms with van der Waals surface area (Å²) in [5, 5.41) is 3.48. The van der Waals surface area contributed by atoms with Crippen molar-refractivity contribution in [1.82, 2.24) is 24.8 Å². The SMILES string of the molecule is CCn1c(=O)[nH]c2cc(CN3CCN(c4ccc(C(=O)NC)nc4C)CC3)cc(Br)c2c1=S. The summed E-state index contributed by atoms with van der Waals surface area (Å²) < 4.78 is 3.02. The van der Waals surface area contributed by atoms with E-state index in [4.69, 9.17) is 12.2 Å². The molecule has 0 bridgehead atoms. The fraction of sp³-hybridized carbons (Fsp3) is 0.391. The summed E-state index contributed by atoms with van der Waals surface area (Å²) in [4.78, 5) is 36.3. The molecule has 8 nitrogen and oxygen atoms in total. The van der Waals surface area contributed by atoms with Gasteiger partial charge in [0, 0.05) is 56.2 Å². The van der Waals surface area contributed by atoms with Gasteiger partial charge in [-0.2, -0.15) is 0 Å². The number of carbonyl (C=O) groups excluding carboxylic acids is 1. The maximum Gasteiger partial charge on any atom is 0.326 e. The van der Waals surface area contributed by atoms with Crippen LogP contribution in [0.2, 0.25) is 0 Å². The molecule has 0 aliphatic carbocycles. The van der Waals surface area contributed by atoms with E-state index < -0.39 is 0 Å². The van der Waals surface area contributed by atoms with Crippen molar-refractivity contribution in [3.05, 3.63) is 60.8 Å². The molecule has 0 radical (unpaired) electrons. The van der Waals surface area contributed by atoms with E-state index in [9.17, 15) is 9.59 Å². The minimum Gasteiger partial charge on any atom is -0.368 e. The smallest absolute Gasteiger partial charge is 0.326 e. The zero-order valence-electron chi connectivity index (χ0n) is 18.9. The van der Waals surface area contributed by atoms with Gasteiger partial charge in [-0.15, -0.1) is 0 Å². The fourth-order valence-electron chi connectivity index (χ4n) is 4.31. The van der Waals surface area contributed by atoms with E-state index in [1.165, 1.54) is 0 Å². The number of hydrogen-bond acceptors (Lipinski definition) is 6. The number of halogens is 1. The monoisotopic (exact) mass is 530 g/mol. The first-order valence-electron chi connectivity index (χ1n) is 10.9. The van der Waals surface area contributed by atoms with Gasteiger partial charge >= 0.3 is 5.69 Å². The number of benzene rings is 1. The first-order chi connectivity index (χ1) is 15.8. The molecular weight excluding hydrogens is 504 g/mol. The van der Waals surface area contributed by atoms with Gasteiger partial charge in [0.15, 0.2) is 0 Å². The Kier molecular flexibility index (Phi) is 6.96. The molecule has 3 aromatic rings. The number of aromatic amines is 1. The molecule has 1 saturated heterocycles.